The lowest BCUT2D eigenvalue weighted by Gasteiger charge is -2.29. The van der Waals surface area contributed by atoms with Crippen LogP contribution in [0.5, 0.6) is 0 Å². The highest BCUT2D eigenvalue weighted by Gasteiger charge is 2.47. The Morgan fingerprint density at radius 1 is 1.31 bits per heavy atom. The van der Waals surface area contributed by atoms with Gasteiger partial charge < -0.3 is 9.47 Å². The van der Waals surface area contributed by atoms with Gasteiger partial charge in [-0.3, -0.25) is 0 Å². The van der Waals surface area contributed by atoms with E-state index in [1.165, 1.54) is 31.3 Å². The lowest BCUT2D eigenvalue weighted by Crippen LogP contribution is -2.31. The molecular weight excluding hydrogens is 200 g/mol. The van der Waals surface area contributed by atoms with Gasteiger partial charge in [0.25, 0.3) is 0 Å². The second kappa shape index (κ2) is 5.33. The summed E-state index contributed by atoms with van der Waals surface area (Å²) in [7, 11) is 1.84. The summed E-state index contributed by atoms with van der Waals surface area (Å²) >= 11 is 0. The Labute approximate surface area is 99.0 Å². The van der Waals surface area contributed by atoms with E-state index in [-0.39, 0.29) is 0 Å². The first-order chi connectivity index (χ1) is 7.72. The highest BCUT2D eigenvalue weighted by atomic mass is 16.6. The third-order valence-corrected chi connectivity index (χ3v) is 3.86. The van der Waals surface area contributed by atoms with Crippen molar-refractivity contribution < 1.29 is 9.47 Å². The van der Waals surface area contributed by atoms with Gasteiger partial charge in [-0.15, -0.1) is 0 Å². The van der Waals surface area contributed by atoms with Gasteiger partial charge in [-0.25, -0.2) is 0 Å². The van der Waals surface area contributed by atoms with Crippen molar-refractivity contribution in [2.24, 2.45) is 5.92 Å². The fraction of sp³-hybridized carbons (Fsp3) is 0.857. The van der Waals surface area contributed by atoms with Crippen LogP contribution in [0.15, 0.2) is 11.6 Å². The third-order valence-electron chi connectivity index (χ3n) is 3.86. The summed E-state index contributed by atoms with van der Waals surface area (Å²) in [6.07, 6.45) is 9.92. The van der Waals surface area contributed by atoms with E-state index in [9.17, 15) is 0 Å². The highest BCUT2D eigenvalue weighted by Crippen LogP contribution is 2.41. The molecule has 0 aromatic carbocycles. The lowest BCUT2D eigenvalue weighted by molar-refractivity contribution is 0.0125. The smallest absolute Gasteiger partial charge is 0.0897 e. The van der Waals surface area contributed by atoms with Crippen LogP contribution in [0.2, 0.25) is 0 Å². The maximum absolute atomic E-state index is 5.81. The average molecular weight is 224 g/mol. The molecule has 92 valence electrons. The van der Waals surface area contributed by atoms with E-state index in [4.69, 9.17) is 9.47 Å². The van der Waals surface area contributed by atoms with Crippen LogP contribution in [0, 0.1) is 5.92 Å². The minimum Gasteiger partial charge on any atom is -0.381 e. The molecule has 0 N–H and O–H groups in total. The topological polar surface area (TPSA) is 21.8 Å². The Balaban J connectivity index is 1.82. The highest BCUT2D eigenvalue weighted by molar-refractivity contribution is 5.02. The van der Waals surface area contributed by atoms with E-state index in [2.05, 4.69) is 19.9 Å². The molecule has 1 aliphatic heterocycles. The van der Waals surface area contributed by atoms with Crippen LogP contribution >= 0.6 is 0 Å². The second-order valence-corrected chi connectivity index (χ2v) is 5.38. The molecule has 4 atom stereocenters. The van der Waals surface area contributed by atoms with Crippen LogP contribution in [0.1, 0.15) is 46.0 Å². The van der Waals surface area contributed by atoms with Gasteiger partial charge in [0, 0.05) is 13.0 Å². The Bertz CT molecular complexity index is 255. The normalized spacial score (nSPS) is 38.2. The van der Waals surface area contributed by atoms with Crippen molar-refractivity contribution in [3.05, 3.63) is 11.6 Å². The monoisotopic (exact) mass is 224 g/mol. The summed E-state index contributed by atoms with van der Waals surface area (Å²) in [4.78, 5) is 0. The number of allylic oxidation sites excluding steroid dienone is 1. The first-order valence-electron chi connectivity index (χ1n) is 6.54. The van der Waals surface area contributed by atoms with Gasteiger partial charge in [-0.1, -0.05) is 24.5 Å². The predicted octanol–water partition coefficient (Wildman–Crippen LogP) is 3.32. The summed E-state index contributed by atoms with van der Waals surface area (Å²) in [6, 6.07) is 0. The number of hydrogen-bond acceptors (Lipinski definition) is 2. The molecule has 0 bridgehead atoms. The minimum atomic E-state index is 0.440. The van der Waals surface area contributed by atoms with E-state index >= 15 is 0 Å². The molecule has 16 heavy (non-hydrogen) atoms. The molecule has 2 nitrogen and oxygen atoms in total. The van der Waals surface area contributed by atoms with Gasteiger partial charge in [0.2, 0.25) is 0 Å². The first kappa shape index (κ1) is 12.1. The predicted molar refractivity (Wildman–Crippen MR) is 65.5 cm³/mol. The van der Waals surface area contributed by atoms with E-state index in [1.807, 2.05) is 7.11 Å². The third kappa shape index (κ3) is 2.86. The molecule has 1 aliphatic carbocycles. The molecule has 1 saturated carbocycles. The fourth-order valence-corrected chi connectivity index (χ4v) is 2.87. The lowest BCUT2D eigenvalue weighted by atomic mass is 9.83. The van der Waals surface area contributed by atoms with Crippen molar-refractivity contribution in [2.75, 3.05) is 7.11 Å². The summed E-state index contributed by atoms with van der Waals surface area (Å²) in [5.74, 6) is 0.648. The maximum atomic E-state index is 5.81. The Kier molecular flexibility index (Phi) is 4.04. The van der Waals surface area contributed by atoms with Gasteiger partial charge in [-0.05, 0) is 33.1 Å². The van der Waals surface area contributed by atoms with Crippen molar-refractivity contribution in [3.63, 3.8) is 0 Å². The zero-order chi connectivity index (χ0) is 11.5. The van der Waals surface area contributed by atoms with Gasteiger partial charge >= 0.3 is 0 Å². The van der Waals surface area contributed by atoms with Crippen molar-refractivity contribution >= 4 is 0 Å². The van der Waals surface area contributed by atoms with Gasteiger partial charge in [0.05, 0.1) is 18.3 Å². The second-order valence-electron chi connectivity index (χ2n) is 5.38. The zero-order valence-electron chi connectivity index (χ0n) is 10.7. The maximum Gasteiger partial charge on any atom is 0.0897 e. The van der Waals surface area contributed by atoms with Gasteiger partial charge in [-0.2, -0.15) is 0 Å². The molecule has 2 rings (SSSR count). The van der Waals surface area contributed by atoms with Crippen LogP contribution in [-0.4, -0.2) is 25.4 Å². The minimum absolute atomic E-state index is 0.440. The van der Waals surface area contributed by atoms with Gasteiger partial charge in [0.1, 0.15) is 0 Å². The molecule has 2 heteroatoms. The first-order valence-corrected chi connectivity index (χ1v) is 6.54. The standard InChI is InChI=1S/C14H24O2/c1-10(2)8-9-13-14(16-13)11-6-4-5-7-12(11)15-3/h8,11-14H,4-7,9H2,1-3H3. The fourth-order valence-electron chi connectivity index (χ4n) is 2.87. The number of hydrogen-bond donors (Lipinski definition) is 0. The van der Waals surface area contributed by atoms with Crippen molar-refractivity contribution in [2.45, 2.75) is 64.3 Å². The quantitative estimate of drug-likeness (QED) is 0.540. The molecule has 0 spiro atoms. The molecule has 0 aromatic heterocycles. The van der Waals surface area contributed by atoms with E-state index in [0.29, 0.717) is 24.2 Å². The number of epoxide rings is 1. The van der Waals surface area contributed by atoms with E-state index in [1.54, 1.807) is 0 Å². The van der Waals surface area contributed by atoms with Crippen LogP contribution in [-0.2, 0) is 9.47 Å². The van der Waals surface area contributed by atoms with E-state index in [0.717, 1.165) is 6.42 Å². The van der Waals surface area contributed by atoms with Crippen molar-refractivity contribution in [1.82, 2.24) is 0 Å². The molecule has 0 aromatic rings. The zero-order valence-corrected chi connectivity index (χ0v) is 10.7. The SMILES string of the molecule is COC1CCCCC1C1OC1CC=C(C)C. The Hall–Kier alpha value is -0.340. The van der Waals surface area contributed by atoms with Crippen LogP contribution in [0.3, 0.4) is 0 Å². The molecule has 2 aliphatic rings. The molecule has 4 unspecified atom stereocenters. The molecule has 2 fully saturated rings. The molecule has 0 radical (unpaired) electrons. The molecular formula is C14H24O2. The molecule has 0 amide bonds. The van der Waals surface area contributed by atoms with Crippen molar-refractivity contribution in [3.8, 4) is 0 Å². The van der Waals surface area contributed by atoms with Crippen molar-refractivity contribution in [1.29, 1.82) is 0 Å². The molecule has 1 heterocycles. The van der Waals surface area contributed by atoms with E-state index < -0.39 is 0 Å². The Morgan fingerprint density at radius 2 is 2.06 bits per heavy atom. The summed E-state index contributed by atoms with van der Waals surface area (Å²) in [5.41, 5.74) is 1.39. The average Bonchev–Trinajstić information content (AvgIpc) is 3.05. The summed E-state index contributed by atoms with van der Waals surface area (Å²) < 4.78 is 11.4. The number of rotatable bonds is 4. The van der Waals surface area contributed by atoms with Crippen LogP contribution in [0.4, 0.5) is 0 Å². The largest absolute Gasteiger partial charge is 0.381 e. The number of methoxy groups -OCH3 is 1. The van der Waals surface area contributed by atoms with Crippen LogP contribution < -0.4 is 0 Å². The number of ether oxygens (including phenoxy) is 2. The Morgan fingerprint density at radius 3 is 2.75 bits per heavy atom. The molecule has 1 saturated heterocycles. The van der Waals surface area contributed by atoms with Gasteiger partial charge in [0.15, 0.2) is 0 Å². The summed E-state index contributed by atoms with van der Waals surface area (Å²) in [5, 5.41) is 0. The van der Waals surface area contributed by atoms with Crippen LogP contribution in [0.25, 0.3) is 0 Å². The summed E-state index contributed by atoms with van der Waals surface area (Å²) in [6.45, 7) is 4.30.